The first-order chi connectivity index (χ1) is 10.9. The van der Waals surface area contributed by atoms with E-state index in [2.05, 4.69) is 10.3 Å². The summed E-state index contributed by atoms with van der Waals surface area (Å²) in [5.74, 6) is -1.36. The molecule has 0 unspecified atom stereocenters. The number of ether oxygens (including phenoxy) is 1. The number of nitrogens with one attached hydrogen (secondary N) is 2. The minimum atomic E-state index is -0.998. The standard InChI is InChI=1S/C16H15ClN2O4/c1-9(20)11-7-14(18-8-11)16(22)23-10(2)15(21)19-13-5-3-12(17)4-6-13/h3-8,10,18H,1-2H3,(H,19,21)/t10-/m0/s1. The Morgan fingerprint density at radius 1 is 1.22 bits per heavy atom. The summed E-state index contributed by atoms with van der Waals surface area (Å²) in [5.41, 5.74) is 1.03. The average molecular weight is 335 g/mol. The van der Waals surface area contributed by atoms with Gasteiger partial charge in [-0.2, -0.15) is 0 Å². The molecule has 120 valence electrons. The van der Waals surface area contributed by atoms with Gasteiger partial charge >= 0.3 is 5.97 Å². The first-order valence-electron chi connectivity index (χ1n) is 6.83. The van der Waals surface area contributed by atoms with Gasteiger partial charge < -0.3 is 15.0 Å². The van der Waals surface area contributed by atoms with Crippen LogP contribution in [0.3, 0.4) is 0 Å². The van der Waals surface area contributed by atoms with Crippen LogP contribution in [0, 0.1) is 0 Å². The van der Waals surface area contributed by atoms with Crippen molar-refractivity contribution in [1.29, 1.82) is 0 Å². The number of hydrogen-bond donors (Lipinski definition) is 2. The summed E-state index contributed by atoms with van der Waals surface area (Å²) in [5, 5.41) is 3.16. The van der Waals surface area contributed by atoms with Crippen LogP contribution in [0.15, 0.2) is 36.5 Å². The number of ketones is 1. The van der Waals surface area contributed by atoms with Gasteiger partial charge in [-0.05, 0) is 44.2 Å². The highest BCUT2D eigenvalue weighted by molar-refractivity contribution is 6.30. The highest BCUT2D eigenvalue weighted by Crippen LogP contribution is 2.14. The van der Waals surface area contributed by atoms with E-state index in [1.165, 1.54) is 26.1 Å². The number of aromatic nitrogens is 1. The predicted octanol–water partition coefficient (Wildman–Crippen LogP) is 3.05. The van der Waals surface area contributed by atoms with Gasteiger partial charge in [0, 0.05) is 22.5 Å². The molecule has 2 N–H and O–H groups in total. The van der Waals surface area contributed by atoms with Gasteiger partial charge in [0.1, 0.15) is 5.69 Å². The molecule has 0 radical (unpaired) electrons. The number of carbonyl (C=O) groups excluding carboxylic acids is 3. The van der Waals surface area contributed by atoms with Crippen molar-refractivity contribution in [2.45, 2.75) is 20.0 Å². The van der Waals surface area contributed by atoms with E-state index in [1.807, 2.05) is 0 Å². The monoisotopic (exact) mass is 334 g/mol. The Balaban J connectivity index is 1.95. The zero-order valence-corrected chi connectivity index (χ0v) is 13.3. The molecular weight excluding hydrogens is 320 g/mol. The normalized spacial score (nSPS) is 11.6. The molecule has 0 aliphatic rings. The molecule has 23 heavy (non-hydrogen) atoms. The molecule has 2 rings (SSSR count). The molecule has 1 atom stereocenters. The van der Waals surface area contributed by atoms with Crippen LogP contribution in [0.25, 0.3) is 0 Å². The fraction of sp³-hybridized carbons (Fsp3) is 0.188. The van der Waals surface area contributed by atoms with E-state index in [-0.39, 0.29) is 11.5 Å². The van der Waals surface area contributed by atoms with Gasteiger partial charge in [0.25, 0.3) is 5.91 Å². The second-order valence-corrected chi connectivity index (χ2v) is 5.34. The number of Topliss-reactive ketones (excluding diaryl/α,β-unsaturated/α-hetero) is 1. The number of carbonyl (C=O) groups is 3. The molecule has 0 saturated heterocycles. The van der Waals surface area contributed by atoms with Crippen LogP contribution < -0.4 is 5.32 Å². The van der Waals surface area contributed by atoms with Crippen LogP contribution in [0.4, 0.5) is 5.69 Å². The third-order valence-electron chi connectivity index (χ3n) is 3.07. The number of aromatic amines is 1. The molecule has 7 heteroatoms. The molecule has 2 aromatic rings. The van der Waals surface area contributed by atoms with Gasteiger partial charge in [-0.25, -0.2) is 4.79 Å². The predicted molar refractivity (Wildman–Crippen MR) is 85.8 cm³/mol. The van der Waals surface area contributed by atoms with Crippen LogP contribution in [-0.4, -0.2) is 28.7 Å². The van der Waals surface area contributed by atoms with Crippen LogP contribution in [0.5, 0.6) is 0 Å². The first kappa shape index (κ1) is 16.8. The lowest BCUT2D eigenvalue weighted by Crippen LogP contribution is -2.30. The van der Waals surface area contributed by atoms with Gasteiger partial charge in [-0.15, -0.1) is 0 Å². The van der Waals surface area contributed by atoms with E-state index in [0.29, 0.717) is 16.3 Å². The highest BCUT2D eigenvalue weighted by Gasteiger charge is 2.20. The minimum Gasteiger partial charge on any atom is -0.448 e. The van der Waals surface area contributed by atoms with E-state index in [0.717, 1.165) is 0 Å². The molecule has 0 fully saturated rings. The van der Waals surface area contributed by atoms with E-state index in [1.54, 1.807) is 24.3 Å². The third kappa shape index (κ3) is 4.43. The summed E-state index contributed by atoms with van der Waals surface area (Å²) in [6.07, 6.45) is 0.416. The maximum absolute atomic E-state index is 12.0. The number of hydrogen-bond acceptors (Lipinski definition) is 4. The van der Waals surface area contributed by atoms with Gasteiger partial charge in [-0.1, -0.05) is 11.6 Å². The molecular formula is C16H15ClN2O4. The van der Waals surface area contributed by atoms with Crippen molar-refractivity contribution in [3.63, 3.8) is 0 Å². The van der Waals surface area contributed by atoms with Crippen LogP contribution >= 0.6 is 11.6 Å². The van der Waals surface area contributed by atoms with E-state index in [9.17, 15) is 14.4 Å². The molecule has 1 heterocycles. The van der Waals surface area contributed by atoms with Gasteiger partial charge in [0.2, 0.25) is 0 Å². The fourth-order valence-corrected chi connectivity index (χ4v) is 1.90. The zero-order valence-electron chi connectivity index (χ0n) is 12.6. The number of esters is 1. The van der Waals surface area contributed by atoms with Crippen LogP contribution in [0.1, 0.15) is 34.7 Å². The van der Waals surface area contributed by atoms with Crippen LogP contribution in [0.2, 0.25) is 5.02 Å². The highest BCUT2D eigenvalue weighted by atomic mass is 35.5. The fourth-order valence-electron chi connectivity index (χ4n) is 1.77. The van der Waals surface area contributed by atoms with Crippen molar-refractivity contribution in [3.05, 3.63) is 52.8 Å². The Hall–Kier alpha value is -2.60. The summed E-state index contributed by atoms with van der Waals surface area (Å²) in [4.78, 5) is 37.8. The summed E-state index contributed by atoms with van der Waals surface area (Å²) >= 11 is 5.76. The summed E-state index contributed by atoms with van der Waals surface area (Å²) < 4.78 is 5.07. The molecule has 0 bridgehead atoms. The number of H-pyrrole nitrogens is 1. The topological polar surface area (TPSA) is 88.3 Å². The van der Waals surface area contributed by atoms with Crippen molar-refractivity contribution in [3.8, 4) is 0 Å². The average Bonchev–Trinajstić information content (AvgIpc) is 2.99. The van der Waals surface area contributed by atoms with E-state index in [4.69, 9.17) is 16.3 Å². The Kier molecular flexibility index (Phi) is 5.18. The second-order valence-electron chi connectivity index (χ2n) is 4.90. The van der Waals surface area contributed by atoms with Gasteiger partial charge in [0.15, 0.2) is 11.9 Å². The third-order valence-corrected chi connectivity index (χ3v) is 3.33. The van der Waals surface area contributed by atoms with E-state index < -0.39 is 18.0 Å². The Morgan fingerprint density at radius 2 is 1.87 bits per heavy atom. The number of rotatable bonds is 5. The van der Waals surface area contributed by atoms with Gasteiger partial charge in [0.05, 0.1) is 0 Å². The Morgan fingerprint density at radius 3 is 2.43 bits per heavy atom. The molecule has 0 aliphatic heterocycles. The summed E-state index contributed by atoms with van der Waals surface area (Å²) in [6, 6.07) is 7.93. The lowest BCUT2D eigenvalue weighted by Gasteiger charge is -2.13. The zero-order chi connectivity index (χ0) is 17.0. The number of anilines is 1. The lowest BCUT2D eigenvalue weighted by atomic mass is 10.2. The number of benzene rings is 1. The SMILES string of the molecule is CC(=O)c1c[nH]c(C(=O)O[C@@H](C)C(=O)Nc2ccc(Cl)cc2)c1. The maximum atomic E-state index is 12.0. The molecule has 0 aliphatic carbocycles. The van der Waals surface area contributed by atoms with E-state index >= 15 is 0 Å². The van der Waals surface area contributed by atoms with Crippen molar-refractivity contribution in [2.75, 3.05) is 5.32 Å². The minimum absolute atomic E-state index is 0.112. The molecule has 0 spiro atoms. The molecule has 6 nitrogen and oxygen atoms in total. The number of amides is 1. The maximum Gasteiger partial charge on any atom is 0.355 e. The Labute approximate surface area is 137 Å². The molecule has 1 amide bonds. The quantitative estimate of drug-likeness (QED) is 0.649. The van der Waals surface area contributed by atoms with Crippen molar-refractivity contribution in [1.82, 2.24) is 4.98 Å². The lowest BCUT2D eigenvalue weighted by molar-refractivity contribution is -0.123. The second kappa shape index (κ2) is 7.11. The number of halogens is 1. The largest absolute Gasteiger partial charge is 0.448 e. The van der Waals surface area contributed by atoms with Crippen LogP contribution in [-0.2, 0) is 9.53 Å². The van der Waals surface area contributed by atoms with Gasteiger partial charge in [-0.3, -0.25) is 9.59 Å². The van der Waals surface area contributed by atoms with Crippen molar-refractivity contribution >= 4 is 34.9 Å². The Bertz CT molecular complexity index is 737. The first-order valence-corrected chi connectivity index (χ1v) is 7.21. The van der Waals surface area contributed by atoms with Crippen molar-refractivity contribution in [2.24, 2.45) is 0 Å². The smallest absolute Gasteiger partial charge is 0.355 e. The van der Waals surface area contributed by atoms with Crippen molar-refractivity contribution < 1.29 is 19.1 Å². The molecule has 1 aromatic heterocycles. The molecule has 0 saturated carbocycles. The summed E-state index contributed by atoms with van der Waals surface area (Å²) in [7, 11) is 0. The molecule has 1 aromatic carbocycles. The summed E-state index contributed by atoms with van der Waals surface area (Å²) in [6.45, 7) is 2.85.